The smallest absolute Gasteiger partial charge is 0.286 e. The first-order chi connectivity index (χ1) is 11.3. The molecule has 2 heterocycles. The van der Waals surface area contributed by atoms with Crippen molar-refractivity contribution in [2.75, 3.05) is 33.4 Å². The van der Waals surface area contributed by atoms with E-state index in [4.69, 9.17) is 9.47 Å². The first-order valence-electron chi connectivity index (χ1n) is 7.43. The quantitative estimate of drug-likeness (QED) is 0.797. The second-order valence-corrected chi connectivity index (χ2v) is 6.04. The molecular weight excluding hydrogens is 312 g/mol. The van der Waals surface area contributed by atoms with Crippen LogP contribution in [0.1, 0.15) is 5.56 Å². The summed E-state index contributed by atoms with van der Waals surface area (Å²) in [6, 6.07) is 7.74. The van der Waals surface area contributed by atoms with E-state index in [2.05, 4.69) is 9.89 Å². The molecule has 3 rings (SSSR count). The lowest BCUT2D eigenvalue weighted by Crippen LogP contribution is -2.38. The van der Waals surface area contributed by atoms with Crippen molar-refractivity contribution in [1.29, 1.82) is 0 Å². The Balaban J connectivity index is 1.67. The average Bonchev–Trinajstić information content (AvgIpc) is 2.97. The number of allylic oxidation sites excluding steroid dienone is 2. The topological polar surface area (TPSA) is 51.1 Å². The predicted molar refractivity (Wildman–Crippen MR) is 92.5 cm³/mol. The lowest BCUT2D eigenvalue weighted by Gasteiger charge is -2.27. The second kappa shape index (κ2) is 7.48. The number of para-hydroxylation sites is 1. The molecule has 0 radical (unpaired) electrons. The molecule has 0 N–H and O–H groups in total. The number of carbonyl (C=O) groups is 1. The van der Waals surface area contributed by atoms with Crippen molar-refractivity contribution in [1.82, 2.24) is 4.90 Å². The maximum atomic E-state index is 12.0. The fourth-order valence-corrected chi connectivity index (χ4v) is 3.26. The van der Waals surface area contributed by atoms with E-state index in [1.807, 2.05) is 36.4 Å². The summed E-state index contributed by atoms with van der Waals surface area (Å²) in [6.45, 7) is 2.92. The number of nitrogens with zero attached hydrogens (tertiary/aromatic N) is 2. The van der Waals surface area contributed by atoms with Gasteiger partial charge < -0.3 is 14.4 Å². The Hall–Kier alpha value is -2.05. The Morgan fingerprint density at radius 2 is 2.09 bits per heavy atom. The third-order valence-electron chi connectivity index (χ3n) is 3.55. The molecule has 0 bridgehead atoms. The molecule has 0 atom stereocenters. The van der Waals surface area contributed by atoms with Crippen LogP contribution in [-0.2, 0) is 9.53 Å². The third kappa shape index (κ3) is 3.83. The maximum Gasteiger partial charge on any atom is 0.286 e. The lowest BCUT2D eigenvalue weighted by atomic mass is 10.2. The first-order valence-corrected chi connectivity index (χ1v) is 8.24. The van der Waals surface area contributed by atoms with E-state index in [1.54, 1.807) is 13.2 Å². The Morgan fingerprint density at radius 1 is 1.30 bits per heavy atom. The SMILES string of the molecule is COc1ccccc1C=CC=C1SC(N2CCOCC2)=NC1=O. The number of aliphatic imine (C=N–C) groups is 1. The van der Waals surface area contributed by atoms with Crippen molar-refractivity contribution in [2.24, 2.45) is 4.99 Å². The Kier molecular flexibility index (Phi) is 5.15. The molecule has 2 aliphatic rings. The first kappa shape index (κ1) is 15.8. The van der Waals surface area contributed by atoms with Gasteiger partial charge in [0.2, 0.25) is 0 Å². The Bertz CT molecular complexity index is 676. The van der Waals surface area contributed by atoms with Gasteiger partial charge in [-0.1, -0.05) is 30.4 Å². The molecule has 0 spiro atoms. The van der Waals surface area contributed by atoms with E-state index >= 15 is 0 Å². The van der Waals surface area contributed by atoms with Crippen LogP contribution in [0.4, 0.5) is 0 Å². The molecule has 23 heavy (non-hydrogen) atoms. The highest BCUT2D eigenvalue weighted by Gasteiger charge is 2.26. The molecule has 0 aliphatic carbocycles. The number of benzene rings is 1. The van der Waals surface area contributed by atoms with Crippen molar-refractivity contribution in [2.45, 2.75) is 0 Å². The maximum absolute atomic E-state index is 12.0. The number of amidine groups is 1. The molecule has 1 aromatic carbocycles. The molecule has 5 nitrogen and oxygen atoms in total. The number of morpholine rings is 1. The van der Waals surface area contributed by atoms with Gasteiger partial charge in [0, 0.05) is 18.7 Å². The van der Waals surface area contributed by atoms with Gasteiger partial charge in [0.15, 0.2) is 5.17 Å². The molecular formula is C17H18N2O3S. The number of ether oxygens (including phenoxy) is 2. The molecule has 1 saturated heterocycles. The summed E-state index contributed by atoms with van der Waals surface area (Å²) in [5.41, 5.74) is 0.969. The number of carbonyl (C=O) groups excluding carboxylic acids is 1. The highest BCUT2D eigenvalue weighted by atomic mass is 32.2. The number of hydrogen-bond donors (Lipinski definition) is 0. The van der Waals surface area contributed by atoms with Gasteiger partial charge in [-0.2, -0.15) is 4.99 Å². The van der Waals surface area contributed by atoms with Crippen LogP contribution < -0.4 is 4.74 Å². The largest absolute Gasteiger partial charge is 0.496 e. The van der Waals surface area contributed by atoms with E-state index in [1.165, 1.54) is 11.8 Å². The molecule has 6 heteroatoms. The van der Waals surface area contributed by atoms with Gasteiger partial charge >= 0.3 is 0 Å². The number of hydrogen-bond acceptors (Lipinski definition) is 5. The summed E-state index contributed by atoms with van der Waals surface area (Å²) in [7, 11) is 1.64. The fraction of sp³-hybridized carbons (Fsp3) is 0.294. The predicted octanol–water partition coefficient (Wildman–Crippen LogP) is 2.55. The molecule has 0 saturated carbocycles. The van der Waals surface area contributed by atoms with Crippen molar-refractivity contribution in [3.8, 4) is 5.75 Å². The highest BCUT2D eigenvalue weighted by molar-refractivity contribution is 8.18. The standard InChI is InChI=1S/C17H18N2O3S/c1-21-14-7-3-2-5-13(14)6-4-8-15-16(20)18-17(23-15)19-9-11-22-12-10-19/h2-8H,9-12H2,1H3. The normalized spacial score (nSPS) is 20.4. The van der Waals surface area contributed by atoms with E-state index in [0.29, 0.717) is 18.1 Å². The monoisotopic (exact) mass is 330 g/mol. The van der Waals surface area contributed by atoms with Crippen molar-refractivity contribution >= 4 is 28.9 Å². The molecule has 2 aliphatic heterocycles. The van der Waals surface area contributed by atoms with Crippen molar-refractivity contribution < 1.29 is 14.3 Å². The van der Waals surface area contributed by atoms with Crippen LogP contribution in [0.15, 0.2) is 46.3 Å². The molecule has 1 amide bonds. The van der Waals surface area contributed by atoms with Crippen LogP contribution in [0, 0.1) is 0 Å². The van der Waals surface area contributed by atoms with E-state index in [9.17, 15) is 4.79 Å². The van der Waals surface area contributed by atoms with Gasteiger partial charge in [0.25, 0.3) is 5.91 Å². The molecule has 0 aromatic heterocycles. The number of rotatable bonds is 3. The minimum absolute atomic E-state index is 0.179. The van der Waals surface area contributed by atoms with Crippen LogP contribution in [-0.4, -0.2) is 49.4 Å². The number of methoxy groups -OCH3 is 1. The van der Waals surface area contributed by atoms with E-state index in [0.717, 1.165) is 29.6 Å². The number of thioether (sulfide) groups is 1. The van der Waals surface area contributed by atoms with E-state index < -0.39 is 0 Å². The zero-order valence-corrected chi connectivity index (χ0v) is 13.7. The van der Waals surface area contributed by atoms with Gasteiger partial charge in [-0.3, -0.25) is 4.79 Å². The Morgan fingerprint density at radius 3 is 2.87 bits per heavy atom. The summed E-state index contributed by atoms with van der Waals surface area (Å²) in [5, 5.41) is 0.773. The molecule has 1 aromatic rings. The average molecular weight is 330 g/mol. The molecule has 1 fully saturated rings. The number of amides is 1. The third-order valence-corrected chi connectivity index (χ3v) is 4.62. The summed E-state index contributed by atoms with van der Waals surface area (Å²) >= 11 is 1.42. The summed E-state index contributed by atoms with van der Waals surface area (Å²) in [4.78, 5) is 18.9. The van der Waals surface area contributed by atoms with Crippen LogP contribution >= 0.6 is 11.8 Å². The minimum atomic E-state index is -0.179. The van der Waals surface area contributed by atoms with Crippen LogP contribution in [0.3, 0.4) is 0 Å². The van der Waals surface area contributed by atoms with Crippen LogP contribution in [0.5, 0.6) is 5.75 Å². The summed E-state index contributed by atoms with van der Waals surface area (Å²) in [5.74, 6) is 0.624. The van der Waals surface area contributed by atoms with Gasteiger partial charge in [0.05, 0.1) is 25.2 Å². The van der Waals surface area contributed by atoms with Gasteiger partial charge in [0.1, 0.15) is 5.75 Å². The highest BCUT2D eigenvalue weighted by Crippen LogP contribution is 2.29. The van der Waals surface area contributed by atoms with Crippen molar-refractivity contribution in [3.63, 3.8) is 0 Å². The van der Waals surface area contributed by atoms with E-state index in [-0.39, 0.29) is 5.91 Å². The van der Waals surface area contributed by atoms with Gasteiger partial charge in [-0.05, 0) is 23.9 Å². The molecule has 120 valence electrons. The second-order valence-electron chi connectivity index (χ2n) is 5.03. The zero-order chi connectivity index (χ0) is 16.1. The lowest BCUT2D eigenvalue weighted by molar-refractivity contribution is -0.113. The summed E-state index contributed by atoms with van der Waals surface area (Å²) < 4.78 is 10.6. The summed E-state index contributed by atoms with van der Waals surface area (Å²) in [6.07, 6.45) is 5.58. The van der Waals surface area contributed by atoms with Gasteiger partial charge in [-0.15, -0.1) is 0 Å². The van der Waals surface area contributed by atoms with Crippen LogP contribution in [0.2, 0.25) is 0 Å². The Labute approximate surface area is 139 Å². The zero-order valence-electron chi connectivity index (χ0n) is 12.9. The molecule has 0 unspecified atom stereocenters. The van der Waals surface area contributed by atoms with Crippen LogP contribution in [0.25, 0.3) is 6.08 Å². The van der Waals surface area contributed by atoms with Crippen molar-refractivity contribution in [3.05, 3.63) is 46.9 Å². The van der Waals surface area contributed by atoms with Gasteiger partial charge in [-0.25, -0.2) is 0 Å². The minimum Gasteiger partial charge on any atom is -0.496 e. The fourth-order valence-electron chi connectivity index (χ4n) is 2.35.